The predicted molar refractivity (Wildman–Crippen MR) is 85.7 cm³/mol. The molecule has 2 aromatic rings. The van der Waals surface area contributed by atoms with Gasteiger partial charge in [-0.3, -0.25) is 10.1 Å². The second-order valence-electron chi connectivity index (χ2n) is 4.97. The van der Waals surface area contributed by atoms with Gasteiger partial charge in [0.1, 0.15) is 5.69 Å². The van der Waals surface area contributed by atoms with E-state index >= 15 is 0 Å². The number of esters is 1. The number of ether oxygens (including phenoxy) is 1. The van der Waals surface area contributed by atoms with E-state index in [0.717, 1.165) is 12.1 Å². The summed E-state index contributed by atoms with van der Waals surface area (Å²) in [4.78, 5) is 31.6. The number of nitrogens with zero attached hydrogens (tertiary/aromatic N) is 1. The number of carbonyl (C=O) groups is 2. The van der Waals surface area contributed by atoms with E-state index < -0.39 is 5.97 Å². The molecule has 0 bridgehead atoms. The van der Waals surface area contributed by atoms with Crippen LogP contribution in [0, 0.1) is 13.8 Å². The Morgan fingerprint density at radius 3 is 2.68 bits per heavy atom. The summed E-state index contributed by atoms with van der Waals surface area (Å²) in [6.07, 6.45) is 1.44. The first-order valence-electron chi connectivity index (χ1n) is 7.01. The number of rotatable bonds is 5. The molecule has 1 amide bonds. The van der Waals surface area contributed by atoms with Gasteiger partial charge in [0.05, 0.1) is 18.4 Å². The van der Waals surface area contributed by atoms with Gasteiger partial charge in [-0.15, -0.1) is 11.3 Å². The minimum Gasteiger partial charge on any atom is -0.465 e. The number of H-pyrrole nitrogens is 1. The smallest absolute Gasteiger partial charge is 0.339 e. The Hall–Kier alpha value is -2.15. The van der Waals surface area contributed by atoms with Crippen molar-refractivity contribution < 1.29 is 14.3 Å². The molecule has 2 heterocycles. The maximum atomic E-state index is 12.5. The van der Waals surface area contributed by atoms with Crippen LogP contribution in [0.25, 0.3) is 0 Å². The molecule has 0 unspecified atom stereocenters. The molecular formula is C15H19N3O3S. The highest BCUT2D eigenvalue weighted by Gasteiger charge is 2.25. The third kappa shape index (κ3) is 3.19. The first-order valence-corrected chi connectivity index (χ1v) is 7.89. The molecule has 118 valence electrons. The van der Waals surface area contributed by atoms with Gasteiger partial charge in [-0.1, -0.05) is 13.3 Å². The highest BCUT2D eigenvalue weighted by molar-refractivity contribution is 7.13. The van der Waals surface area contributed by atoms with Crippen LogP contribution in [0.4, 0.5) is 5.13 Å². The van der Waals surface area contributed by atoms with E-state index in [2.05, 4.69) is 15.3 Å². The maximum absolute atomic E-state index is 12.5. The molecular weight excluding hydrogens is 302 g/mol. The molecule has 0 saturated carbocycles. The molecule has 0 aromatic carbocycles. The summed E-state index contributed by atoms with van der Waals surface area (Å²) in [5.41, 5.74) is 3.03. The summed E-state index contributed by atoms with van der Waals surface area (Å²) in [6.45, 7) is 5.62. The van der Waals surface area contributed by atoms with E-state index in [1.165, 1.54) is 18.4 Å². The van der Waals surface area contributed by atoms with Gasteiger partial charge in [0.2, 0.25) is 0 Å². The molecule has 0 spiro atoms. The fourth-order valence-electron chi connectivity index (χ4n) is 2.32. The minimum atomic E-state index is -0.429. The van der Waals surface area contributed by atoms with Gasteiger partial charge < -0.3 is 9.72 Å². The molecule has 7 heteroatoms. The van der Waals surface area contributed by atoms with Crippen LogP contribution >= 0.6 is 11.3 Å². The average Bonchev–Trinajstić information content (AvgIpc) is 3.02. The molecule has 0 aliphatic carbocycles. The second-order valence-corrected chi connectivity index (χ2v) is 5.83. The van der Waals surface area contributed by atoms with Crippen molar-refractivity contribution in [2.45, 2.75) is 33.6 Å². The fourth-order valence-corrected chi connectivity index (χ4v) is 3.00. The van der Waals surface area contributed by atoms with Gasteiger partial charge in [0, 0.05) is 11.1 Å². The first kappa shape index (κ1) is 16.2. The van der Waals surface area contributed by atoms with Crippen molar-refractivity contribution in [3.05, 3.63) is 33.6 Å². The highest BCUT2D eigenvalue weighted by Crippen LogP contribution is 2.23. The summed E-state index contributed by atoms with van der Waals surface area (Å²) >= 11 is 1.36. The van der Waals surface area contributed by atoms with Crippen LogP contribution in [0.2, 0.25) is 0 Å². The summed E-state index contributed by atoms with van der Waals surface area (Å²) in [6, 6.07) is 0. The zero-order valence-electron chi connectivity index (χ0n) is 13.1. The van der Waals surface area contributed by atoms with Gasteiger partial charge in [-0.05, 0) is 25.8 Å². The second kappa shape index (κ2) is 6.74. The average molecular weight is 321 g/mol. The van der Waals surface area contributed by atoms with E-state index in [1.807, 2.05) is 19.2 Å². The monoisotopic (exact) mass is 321 g/mol. The number of hydrogen-bond donors (Lipinski definition) is 2. The molecule has 0 aliphatic heterocycles. The van der Waals surface area contributed by atoms with Gasteiger partial charge in [-0.25, -0.2) is 9.78 Å². The molecule has 6 nitrogen and oxygen atoms in total. The Morgan fingerprint density at radius 1 is 1.41 bits per heavy atom. The standard InChI is InChI=1S/C15H19N3O3S/c1-5-6-10-11(14(20)21-4)9(3)17-12(10)13(19)18-15-16-8(2)7-22-15/h7,17H,5-6H2,1-4H3,(H,16,18,19). The quantitative estimate of drug-likeness (QED) is 0.829. The van der Waals surface area contributed by atoms with E-state index in [1.54, 1.807) is 6.92 Å². The van der Waals surface area contributed by atoms with E-state index in [0.29, 0.717) is 34.1 Å². The van der Waals surface area contributed by atoms with E-state index in [-0.39, 0.29) is 5.91 Å². The van der Waals surface area contributed by atoms with Gasteiger partial charge in [0.15, 0.2) is 5.13 Å². The molecule has 0 radical (unpaired) electrons. The molecule has 0 fully saturated rings. The van der Waals surface area contributed by atoms with Crippen LogP contribution in [-0.4, -0.2) is 29.0 Å². The van der Waals surface area contributed by atoms with Crippen LogP contribution in [0.1, 0.15) is 51.1 Å². The zero-order chi connectivity index (χ0) is 16.3. The highest BCUT2D eigenvalue weighted by atomic mass is 32.1. The predicted octanol–water partition coefficient (Wildman–Crippen LogP) is 3.08. The number of thiazole rings is 1. The number of carbonyl (C=O) groups excluding carboxylic acids is 2. The lowest BCUT2D eigenvalue weighted by Crippen LogP contribution is -2.15. The number of nitrogens with one attached hydrogen (secondary N) is 2. The lowest BCUT2D eigenvalue weighted by molar-refractivity contribution is 0.0599. The normalized spacial score (nSPS) is 10.5. The molecule has 2 rings (SSSR count). The van der Waals surface area contributed by atoms with Crippen molar-refractivity contribution in [1.82, 2.24) is 9.97 Å². The van der Waals surface area contributed by atoms with Gasteiger partial charge in [-0.2, -0.15) is 0 Å². The summed E-state index contributed by atoms with van der Waals surface area (Å²) in [5, 5.41) is 5.16. The minimum absolute atomic E-state index is 0.295. The number of hydrogen-bond acceptors (Lipinski definition) is 5. The number of amides is 1. The Balaban J connectivity index is 2.37. The molecule has 0 atom stereocenters. The van der Waals surface area contributed by atoms with Crippen molar-refractivity contribution in [2.24, 2.45) is 0 Å². The van der Waals surface area contributed by atoms with Gasteiger partial charge >= 0.3 is 5.97 Å². The topological polar surface area (TPSA) is 84.1 Å². The fraction of sp³-hybridized carbons (Fsp3) is 0.400. The van der Waals surface area contributed by atoms with Crippen molar-refractivity contribution in [1.29, 1.82) is 0 Å². The van der Waals surface area contributed by atoms with Crippen LogP contribution in [0.5, 0.6) is 0 Å². The molecule has 2 N–H and O–H groups in total. The van der Waals surface area contributed by atoms with Crippen molar-refractivity contribution in [3.63, 3.8) is 0 Å². The lowest BCUT2D eigenvalue weighted by Gasteiger charge is -2.05. The molecule has 0 aliphatic rings. The first-order chi connectivity index (χ1) is 10.5. The van der Waals surface area contributed by atoms with Crippen molar-refractivity contribution >= 4 is 28.3 Å². The number of aryl methyl sites for hydroxylation is 2. The van der Waals surface area contributed by atoms with Crippen molar-refractivity contribution in [2.75, 3.05) is 12.4 Å². The Morgan fingerprint density at radius 2 is 2.14 bits per heavy atom. The number of anilines is 1. The number of aromatic amines is 1. The zero-order valence-corrected chi connectivity index (χ0v) is 13.9. The van der Waals surface area contributed by atoms with Crippen LogP contribution in [0.3, 0.4) is 0 Å². The largest absolute Gasteiger partial charge is 0.465 e. The third-order valence-corrected chi connectivity index (χ3v) is 4.12. The summed E-state index contributed by atoms with van der Waals surface area (Å²) < 4.78 is 4.82. The maximum Gasteiger partial charge on any atom is 0.339 e. The molecule has 0 saturated heterocycles. The Labute approximate surface area is 132 Å². The van der Waals surface area contributed by atoms with Crippen LogP contribution in [0.15, 0.2) is 5.38 Å². The van der Waals surface area contributed by atoms with Crippen molar-refractivity contribution in [3.8, 4) is 0 Å². The third-order valence-electron chi connectivity index (χ3n) is 3.25. The Kier molecular flexibility index (Phi) is 4.97. The lowest BCUT2D eigenvalue weighted by atomic mass is 10.0. The molecule has 2 aromatic heterocycles. The number of aromatic nitrogens is 2. The summed E-state index contributed by atoms with van der Waals surface area (Å²) in [7, 11) is 1.34. The SMILES string of the molecule is CCCc1c(C(=O)Nc2nc(C)cs2)[nH]c(C)c1C(=O)OC. The Bertz CT molecular complexity index is 703. The summed E-state index contributed by atoms with van der Waals surface area (Å²) in [5.74, 6) is -0.725. The van der Waals surface area contributed by atoms with E-state index in [9.17, 15) is 9.59 Å². The van der Waals surface area contributed by atoms with Crippen LogP contribution < -0.4 is 5.32 Å². The van der Waals surface area contributed by atoms with Gasteiger partial charge in [0.25, 0.3) is 5.91 Å². The van der Waals surface area contributed by atoms with Crippen LogP contribution in [-0.2, 0) is 11.2 Å². The molecule has 22 heavy (non-hydrogen) atoms. The van der Waals surface area contributed by atoms with E-state index in [4.69, 9.17) is 4.74 Å². The number of methoxy groups -OCH3 is 1.